The molecule has 6 rings (SSSR count). The fraction of sp³-hybridized carbons (Fsp3) is 0.441. The highest BCUT2D eigenvalue weighted by atomic mass is 19.2. The molecular formula is C34H37F3N6O3. The third kappa shape index (κ3) is 6.56. The second-order valence-electron chi connectivity index (χ2n) is 12.6. The van der Waals surface area contributed by atoms with E-state index in [2.05, 4.69) is 32.9 Å². The van der Waals surface area contributed by atoms with E-state index in [1.165, 1.54) is 10.9 Å². The minimum Gasteiger partial charge on any atom is -0.359 e. The molecule has 242 valence electrons. The lowest BCUT2D eigenvalue weighted by atomic mass is 9.77. The minimum atomic E-state index is -1.28. The topological polar surface area (TPSA) is 106 Å². The summed E-state index contributed by atoms with van der Waals surface area (Å²) >= 11 is 0. The van der Waals surface area contributed by atoms with Crippen LogP contribution in [0.4, 0.5) is 18.9 Å². The van der Waals surface area contributed by atoms with Crippen molar-refractivity contribution in [2.45, 2.75) is 71.8 Å². The van der Waals surface area contributed by atoms with Gasteiger partial charge in [0.25, 0.3) is 0 Å². The summed E-state index contributed by atoms with van der Waals surface area (Å²) < 4.78 is 48.0. The van der Waals surface area contributed by atoms with E-state index in [0.29, 0.717) is 50.6 Å². The highest BCUT2D eigenvalue weighted by Gasteiger charge is 2.39. The van der Waals surface area contributed by atoms with Crippen LogP contribution in [0.25, 0.3) is 11.3 Å². The molecular weight excluding hydrogens is 597 g/mol. The number of aromatic nitrogens is 4. The predicted octanol–water partition coefficient (Wildman–Crippen LogP) is 6.48. The summed E-state index contributed by atoms with van der Waals surface area (Å²) in [6, 6.07) is 7.17. The highest BCUT2D eigenvalue weighted by Crippen LogP contribution is 2.36. The summed E-state index contributed by atoms with van der Waals surface area (Å²) in [5.41, 5.74) is 4.66. The van der Waals surface area contributed by atoms with Crippen molar-refractivity contribution in [3.8, 4) is 11.3 Å². The lowest BCUT2D eigenvalue weighted by Crippen LogP contribution is -2.46. The molecule has 46 heavy (non-hydrogen) atoms. The number of hydrogen-bond donors (Lipinski definition) is 1. The van der Waals surface area contributed by atoms with Crippen molar-refractivity contribution in [1.82, 2.24) is 25.1 Å². The maximum Gasteiger partial charge on any atom is 0.228 e. The Bertz CT molecular complexity index is 1740. The van der Waals surface area contributed by atoms with Gasteiger partial charge in [0.05, 0.1) is 11.9 Å². The Morgan fingerprint density at radius 3 is 2.28 bits per heavy atom. The molecule has 1 aliphatic carbocycles. The van der Waals surface area contributed by atoms with Gasteiger partial charge in [0, 0.05) is 54.2 Å². The van der Waals surface area contributed by atoms with Crippen molar-refractivity contribution >= 4 is 17.5 Å². The van der Waals surface area contributed by atoms with Crippen LogP contribution in [0, 0.1) is 50.1 Å². The summed E-state index contributed by atoms with van der Waals surface area (Å²) in [5, 5.41) is 15.2. The number of benzene rings is 2. The van der Waals surface area contributed by atoms with E-state index in [9.17, 15) is 22.8 Å². The van der Waals surface area contributed by atoms with Crippen molar-refractivity contribution in [2.24, 2.45) is 11.8 Å². The standard InChI is InChI=1S/C34H37F3N6O3/c1-19-12-20(2)32(21(3)13-19)38-33(44)24-6-4-5-7-25(24)34(45)42-10-8-22(9-11-42)30-14-23(46-40-30)17-43-18-31(39-41-43)26-15-28(36)29(37)16-27(26)35/h12-16,18,22,24-25H,4-11,17H2,1-3H3,(H,38,44). The third-order valence-electron chi connectivity index (χ3n) is 9.29. The average molecular weight is 635 g/mol. The molecule has 2 atom stereocenters. The van der Waals surface area contributed by atoms with Crippen molar-refractivity contribution < 1.29 is 27.3 Å². The van der Waals surface area contributed by atoms with Gasteiger partial charge in [0.15, 0.2) is 17.4 Å². The summed E-state index contributed by atoms with van der Waals surface area (Å²) in [6.07, 6.45) is 6.13. The zero-order chi connectivity index (χ0) is 32.5. The van der Waals surface area contributed by atoms with Gasteiger partial charge in [-0.25, -0.2) is 17.9 Å². The first-order valence-corrected chi connectivity index (χ1v) is 15.8. The zero-order valence-electron chi connectivity index (χ0n) is 26.2. The fourth-order valence-corrected chi connectivity index (χ4v) is 6.94. The van der Waals surface area contributed by atoms with Crippen molar-refractivity contribution in [1.29, 1.82) is 0 Å². The van der Waals surface area contributed by atoms with Crippen LogP contribution in [-0.4, -0.2) is 50.0 Å². The first-order valence-electron chi connectivity index (χ1n) is 15.8. The molecule has 3 heterocycles. The maximum atomic E-state index is 14.2. The molecule has 2 aliphatic rings. The zero-order valence-corrected chi connectivity index (χ0v) is 26.2. The van der Waals surface area contributed by atoms with Gasteiger partial charge in [-0.1, -0.05) is 40.9 Å². The summed E-state index contributed by atoms with van der Waals surface area (Å²) in [6.45, 7) is 7.32. The number of rotatable bonds is 7. The number of hydrogen-bond acceptors (Lipinski definition) is 6. The second-order valence-corrected chi connectivity index (χ2v) is 12.6. The van der Waals surface area contributed by atoms with Gasteiger partial charge < -0.3 is 14.7 Å². The number of nitrogens with one attached hydrogen (secondary N) is 1. The molecule has 1 saturated heterocycles. The first kappa shape index (κ1) is 31.5. The van der Waals surface area contributed by atoms with Crippen LogP contribution in [0.15, 0.2) is 41.1 Å². The molecule has 1 N–H and O–H groups in total. The maximum absolute atomic E-state index is 14.2. The molecule has 1 saturated carbocycles. The van der Waals surface area contributed by atoms with E-state index in [1.807, 2.05) is 31.7 Å². The molecule has 2 unspecified atom stereocenters. The van der Waals surface area contributed by atoms with Crippen LogP contribution in [0.1, 0.15) is 72.6 Å². The van der Waals surface area contributed by atoms with Crippen LogP contribution >= 0.6 is 0 Å². The first-order chi connectivity index (χ1) is 22.1. The third-order valence-corrected chi connectivity index (χ3v) is 9.29. The Morgan fingerprint density at radius 2 is 1.57 bits per heavy atom. The van der Waals surface area contributed by atoms with E-state index in [-0.39, 0.29) is 47.4 Å². The molecule has 2 amide bonds. The van der Waals surface area contributed by atoms with Gasteiger partial charge in [0.2, 0.25) is 11.8 Å². The van der Waals surface area contributed by atoms with E-state index < -0.39 is 17.5 Å². The lowest BCUT2D eigenvalue weighted by Gasteiger charge is -2.37. The van der Waals surface area contributed by atoms with E-state index in [1.54, 1.807) is 0 Å². The van der Waals surface area contributed by atoms with Crippen molar-refractivity contribution in [2.75, 3.05) is 18.4 Å². The normalized spacial score (nSPS) is 19.0. The molecule has 2 aromatic carbocycles. The smallest absolute Gasteiger partial charge is 0.228 e. The van der Waals surface area contributed by atoms with Gasteiger partial charge in [-0.2, -0.15) is 0 Å². The molecule has 2 fully saturated rings. The molecule has 2 aromatic heterocycles. The number of nitrogens with zero attached hydrogens (tertiary/aromatic N) is 5. The van der Waals surface area contributed by atoms with Crippen LogP contribution in [-0.2, 0) is 16.1 Å². The number of likely N-dealkylation sites (tertiary alicyclic amines) is 1. The predicted molar refractivity (Wildman–Crippen MR) is 164 cm³/mol. The molecule has 1 aliphatic heterocycles. The largest absolute Gasteiger partial charge is 0.359 e. The van der Waals surface area contributed by atoms with Crippen LogP contribution < -0.4 is 5.32 Å². The minimum absolute atomic E-state index is 0.0518. The van der Waals surface area contributed by atoms with Gasteiger partial charge >= 0.3 is 0 Å². The van der Waals surface area contributed by atoms with Gasteiger partial charge in [-0.15, -0.1) is 5.10 Å². The van der Waals surface area contributed by atoms with Crippen LogP contribution in [0.5, 0.6) is 0 Å². The summed E-state index contributed by atoms with van der Waals surface area (Å²) in [7, 11) is 0. The molecule has 4 aromatic rings. The number of amides is 2. The Kier molecular flexibility index (Phi) is 8.97. The average Bonchev–Trinajstić information content (AvgIpc) is 3.70. The van der Waals surface area contributed by atoms with Crippen molar-refractivity contribution in [3.05, 3.63) is 82.1 Å². The second kappa shape index (κ2) is 13.1. The van der Waals surface area contributed by atoms with Crippen molar-refractivity contribution in [3.63, 3.8) is 0 Å². The summed E-state index contributed by atoms with van der Waals surface area (Å²) in [5.74, 6) is -3.49. The van der Waals surface area contributed by atoms with Crippen LogP contribution in [0.3, 0.4) is 0 Å². The number of halogens is 3. The Hall–Kier alpha value is -4.48. The quantitative estimate of drug-likeness (QED) is 0.234. The highest BCUT2D eigenvalue weighted by molar-refractivity contribution is 5.97. The van der Waals surface area contributed by atoms with Gasteiger partial charge in [-0.05, 0) is 63.6 Å². The monoisotopic (exact) mass is 634 g/mol. The van der Waals surface area contributed by atoms with E-state index >= 15 is 0 Å². The fourth-order valence-electron chi connectivity index (χ4n) is 6.94. The SMILES string of the molecule is Cc1cc(C)c(NC(=O)C2CCCCC2C(=O)N2CCC(c3cc(Cn4cc(-c5cc(F)c(F)cc5F)nn4)on3)CC2)c(C)c1. The Balaban J connectivity index is 1.05. The number of piperidine rings is 1. The molecule has 0 spiro atoms. The number of anilines is 1. The molecule has 12 heteroatoms. The molecule has 0 bridgehead atoms. The van der Waals surface area contributed by atoms with E-state index in [4.69, 9.17) is 4.52 Å². The van der Waals surface area contributed by atoms with E-state index in [0.717, 1.165) is 47.0 Å². The lowest BCUT2D eigenvalue weighted by molar-refractivity contribution is -0.143. The van der Waals surface area contributed by atoms with Gasteiger partial charge in [0.1, 0.15) is 18.1 Å². The Morgan fingerprint density at radius 1 is 0.891 bits per heavy atom. The summed E-state index contributed by atoms with van der Waals surface area (Å²) in [4.78, 5) is 29.1. The van der Waals surface area contributed by atoms with Gasteiger partial charge in [-0.3, -0.25) is 9.59 Å². The van der Waals surface area contributed by atoms with Crippen LogP contribution in [0.2, 0.25) is 0 Å². The molecule has 9 nitrogen and oxygen atoms in total. The number of carbonyl (C=O) groups is 2. The number of aryl methyl sites for hydroxylation is 3. The number of carbonyl (C=O) groups excluding carboxylic acids is 2. The Labute approximate surface area is 265 Å². The molecule has 0 radical (unpaired) electrons.